The number of rotatable bonds is 4. The lowest BCUT2D eigenvalue weighted by atomic mass is 10.0. The van der Waals surface area contributed by atoms with Crippen LogP contribution in [0.25, 0.3) is 0 Å². The molecule has 122 valence electrons. The Morgan fingerprint density at radius 3 is 3.13 bits per heavy atom. The lowest BCUT2D eigenvalue weighted by Gasteiger charge is -2.27. The van der Waals surface area contributed by atoms with E-state index < -0.39 is 0 Å². The van der Waals surface area contributed by atoms with Gasteiger partial charge in [0.25, 0.3) is 0 Å². The summed E-state index contributed by atoms with van der Waals surface area (Å²) in [5.41, 5.74) is 0.895. The van der Waals surface area contributed by atoms with Gasteiger partial charge in [-0.25, -0.2) is 4.79 Å². The molecule has 1 atom stereocenters. The number of halogens is 1. The Bertz CT molecular complexity index is 704. The van der Waals surface area contributed by atoms with E-state index in [2.05, 4.69) is 20.8 Å². The minimum absolute atomic E-state index is 0.122. The zero-order chi connectivity index (χ0) is 16.2. The van der Waals surface area contributed by atoms with Crippen LogP contribution < -0.4 is 15.4 Å². The highest BCUT2D eigenvalue weighted by atomic mass is 35.5. The number of para-hydroxylation sites is 1. The second-order valence-electron chi connectivity index (χ2n) is 5.23. The largest absolute Gasteiger partial charge is 0.492 e. The van der Waals surface area contributed by atoms with Gasteiger partial charge in [0, 0.05) is 24.9 Å². The molecule has 2 amide bonds. The lowest BCUT2D eigenvalue weighted by molar-refractivity contribution is 0.223. The SMILES string of the molecule is Cc1noc(CCNC(=O)NC2CCOc3c(Cl)cccc32)n1. The van der Waals surface area contributed by atoms with Crippen LogP contribution in [0.1, 0.15) is 29.7 Å². The molecule has 1 unspecified atom stereocenters. The van der Waals surface area contributed by atoms with Crippen molar-refractivity contribution in [3.63, 3.8) is 0 Å². The highest BCUT2D eigenvalue weighted by Gasteiger charge is 2.24. The van der Waals surface area contributed by atoms with E-state index in [4.69, 9.17) is 20.9 Å². The third-order valence-electron chi connectivity index (χ3n) is 3.53. The van der Waals surface area contributed by atoms with Crippen molar-refractivity contribution < 1.29 is 14.1 Å². The van der Waals surface area contributed by atoms with Gasteiger partial charge in [-0.3, -0.25) is 0 Å². The van der Waals surface area contributed by atoms with Gasteiger partial charge >= 0.3 is 6.03 Å². The number of urea groups is 1. The Labute approximate surface area is 138 Å². The zero-order valence-corrected chi connectivity index (χ0v) is 13.4. The number of ether oxygens (including phenoxy) is 1. The van der Waals surface area contributed by atoms with Gasteiger partial charge in [-0.2, -0.15) is 4.98 Å². The van der Waals surface area contributed by atoms with Gasteiger partial charge in [-0.05, 0) is 13.0 Å². The molecule has 2 N–H and O–H groups in total. The van der Waals surface area contributed by atoms with E-state index in [-0.39, 0.29) is 12.1 Å². The van der Waals surface area contributed by atoms with Crippen LogP contribution in [0, 0.1) is 6.92 Å². The molecular formula is C15H17ClN4O3. The van der Waals surface area contributed by atoms with E-state index >= 15 is 0 Å². The van der Waals surface area contributed by atoms with E-state index in [1.807, 2.05) is 12.1 Å². The average Bonchev–Trinajstić information content (AvgIpc) is 2.94. The Kier molecular flexibility index (Phi) is 4.66. The van der Waals surface area contributed by atoms with Crippen LogP contribution in [0.2, 0.25) is 5.02 Å². The number of carbonyl (C=O) groups is 1. The maximum absolute atomic E-state index is 12.0. The van der Waals surface area contributed by atoms with Crippen LogP contribution in [0.15, 0.2) is 22.7 Å². The Hall–Kier alpha value is -2.28. The van der Waals surface area contributed by atoms with Crippen LogP contribution >= 0.6 is 11.6 Å². The van der Waals surface area contributed by atoms with Crippen molar-refractivity contribution in [1.29, 1.82) is 0 Å². The first kappa shape index (κ1) is 15.6. The molecule has 0 radical (unpaired) electrons. The van der Waals surface area contributed by atoms with Gasteiger partial charge in [0.1, 0.15) is 5.75 Å². The number of fused-ring (bicyclic) bond motifs is 1. The molecule has 0 spiro atoms. The number of benzene rings is 1. The Balaban J connectivity index is 1.54. The summed E-state index contributed by atoms with van der Waals surface area (Å²) >= 11 is 6.12. The first-order valence-corrected chi connectivity index (χ1v) is 7.76. The van der Waals surface area contributed by atoms with Crippen molar-refractivity contribution in [3.8, 4) is 5.75 Å². The fourth-order valence-corrected chi connectivity index (χ4v) is 2.71. The molecule has 0 fully saturated rings. The van der Waals surface area contributed by atoms with Crippen molar-refractivity contribution in [2.24, 2.45) is 0 Å². The molecule has 23 heavy (non-hydrogen) atoms. The summed E-state index contributed by atoms with van der Waals surface area (Å²) in [6.45, 7) is 2.68. The zero-order valence-electron chi connectivity index (χ0n) is 12.6. The average molecular weight is 337 g/mol. The molecule has 3 rings (SSSR count). The van der Waals surface area contributed by atoms with Crippen LogP contribution in [-0.2, 0) is 6.42 Å². The maximum atomic E-state index is 12.0. The number of hydrogen-bond donors (Lipinski definition) is 2. The normalized spacial score (nSPS) is 16.3. The van der Waals surface area contributed by atoms with Crippen LogP contribution in [0.5, 0.6) is 5.75 Å². The molecular weight excluding hydrogens is 320 g/mol. The van der Waals surface area contributed by atoms with Crippen molar-refractivity contribution in [1.82, 2.24) is 20.8 Å². The summed E-state index contributed by atoms with van der Waals surface area (Å²) in [5, 5.41) is 9.98. The number of aromatic nitrogens is 2. The molecule has 0 saturated carbocycles. The molecule has 1 aliphatic heterocycles. The topological polar surface area (TPSA) is 89.3 Å². The summed E-state index contributed by atoms with van der Waals surface area (Å²) in [6.07, 6.45) is 1.19. The van der Waals surface area contributed by atoms with E-state index in [1.54, 1.807) is 13.0 Å². The molecule has 1 aromatic carbocycles. The van der Waals surface area contributed by atoms with Crippen molar-refractivity contribution in [3.05, 3.63) is 40.5 Å². The summed E-state index contributed by atoms with van der Waals surface area (Å²) in [6, 6.07) is 5.16. The number of nitrogens with zero attached hydrogens (tertiary/aromatic N) is 2. The number of amides is 2. The first-order valence-electron chi connectivity index (χ1n) is 7.38. The van der Waals surface area contributed by atoms with Crippen molar-refractivity contribution in [2.45, 2.75) is 25.8 Å². The van der Waals surface area contributed by atoms with Crippen LogP contribution in [-0.4, -0.2) is 29.3 Å². The minimum atomic E-state index is -0.251. The third-order valence-corrected chi connectivity index (χ3v) is 3.82. The van der Waals surface area contributed by atoms with Crippen LogP contribution in [0.4, 0.5) is 4.79 Å². The molecule has 1 aromatic heterocycles. The number of hydrogen-bond acceptors (Lipinski definition) is 5. The predicted molar refractivity (Wildman–Crippen MR) is 83.6 cm³/mol. The van der Waals surface area contributed by atoms with Crippen LogP contribution in [0.3, 0.4) is 0 Å². The van der Waals surface area contributed by atoms with Crippen molar-refractivity contribution in [2.75, 3.05) is 13.2 Å². The van der Waals surface area contributed by atoms with Gasteiger partial charge in [0.15, 0.2) is 5.82 Å². The fraction of sp³-hybridized carbons (Fsp3) is 0.400. The first-order chi connectivity index (χ1) is 11.1. The Morgan fingerprint density at radius 2 is 2.35 bits per heavy atom. The highest BCUT2D eigenvalue weighted by molar-refractivity contribution is 6.32. The van der Waals surface area contributed by atoms with Gasteiger partial charge in [0.2, 0.25) is 5.89 Å². The molecule has 8 heteroatoms. The fourth-order valence-electron chi connectivity index (χ4n) is 2.47. The van der Waals surface area contributed by atoms with E-state index in [0.29, 0.717) is 48.5 Å². The monoisotopic (exact) mass is 336 g/mol. The Morgan fingerprint density at radius 1 is 1.48 bits per heavy atom. The van der Waals surface area contributed by atoms with E-state index in [1.165, 1.54) is 0 Å². The minimum Gasteiger partial charge on any atom is -0.492 e. The quantitative estimate of drug-likeness (QED) is 0.894. The number of carbonyl (C=O) groups excluding carboxylic acids is 1. The lowest BCUT2D eigenvalue weighted by Crippen LogP contribution is -2.40. The van der Waals surface area contributed by atoms with E-state index in [9.17, 15) is 4.79 Å². The molecule has 0 bridgehead atoms. The molecule has 7 nitrogen and oxygen atoms in total. The summed E-state index contributed by atoms with van der Waals surface area (Å²) in [4.78, 5) is 16.1. The summed E-state index contributed by atoms with van der Waals surface area (Å²) in [5.74, 6) is 1.73. The highest BCUT2D eigenvalue weighted by Crippen LogP contribution is 2.37. The number of aryl methyl sites for hydroxylation is 1. The number of nitrogens with one attached hydrogen (secondary N) is 2. The molecule has 2 heterocycles. The van der Waals surface area contributed by atoms with Gasteiger partial charge in [0.05, 0.1) is 17.7 Å². The maximum Gasteiger partial charge on any atom is 0.315 e. The smallest absolute Gasteiger partial charge is 0.315 e. The summed E-state index contributed by atoms with van der Waals surface area (Å²) < 4.78 is 10.6. The van der Waals surface area contributed by atoms with Gasteiger partial charge in [-0.15, -0.1) is 0 Å². The van der Waals surface area contributed by atoms with Gasteiger partial charge < -0.3 is 19.9 Å². The second kappa shape index (κ2) is 6.87. The molecule has 1 aliphatic rings. The standard InChI is InChI=1S/C15H17ClN4O3/c1-9-18-13(23-20-9)5-7-17-15(21)19-12-6-8-22-14-10(12)3-2-4-11(14)16/h2-4,12H,5-8H2,1H3,(H2,17,19,21). The molecule has 2 aromatic rings. The second-order valence-corrected chi connectivity index (χ2v) is 5.64. The third kappa shape index (κ3) is 3.73. The molecule has 0 saturated heterocycles. The molecule has 0 aliphatic carbocycles. The predicted octanol–water partition coefficient (Wildman–Crippen LogP) is 2.40. The summed E-state index contributed by atoms with van der Waals surface area (Å²) in [7, 11) is 0. The van der Waals surface area contributed by atoms with Gasteiger partial charge in [-0.1, -0.05) is 28.9 Å². The van der Waals surface area contributed by atoms with E-state index in [0.717, 1.165) is 5.56 Å². The van der Waals surface area contributed by atoms with Crippen molar-refractivity contribution >= 4 is 17.6 Å².